The summed E-state index contributed by atoms with van der Waals surface area (Å²) in [6, 6.07) is 14.5. The van der Waals surface area contributed by atoms with Crippen LogP contribution in [0.1, 0.15) is 5.76 Å². The van der Waals surface area contributed by atoms with Crippen molar-refractivity contribution in [3.8, 4) is 17.1 Å². The molecular formula is C22H15N3O7. The molecule has 0 bridgehead atoms. The second-order valence-electron chi connectivity index (χ2n) is 6.64. The van der Waals surface area contributed by atoms with Gasteiger partial charge in [0.2, 0.25) is 0 Å². The normalized spacial score (nSPS) is 15.1. The van der Waals surface area contributed by atoms with E-state index < -0.39 is 22.8 Å². The Morgan fingerprint density at radius 2 is 1.81 bits per heavy atom. The number of hydrogen-bond acceptors (Lipinski definition) is 7. The van der Waals surface area contributed by atoms with Gasteiger partial charge in [-0.25, -0.2) is 9.69 Å². The average molecular weight is 433 g/mol. The summed E-state index contributed by atoms with van der Waals surface area (Å²) in [4.78, 5) is 49.1. The van der Waals surface area contributed by atoms with E-state index in [-0.39, 0.29) is 28.3 Å². The second-order valence-corrected chi connectivity index (χ2v) is 6.64. The molecule has 32 heavy (non-hydrogen) atoms. The first-order valence-electron chi connectivity index (χ1n) is 9.28. The van der Waals surface area contributed by atoms with Crippen LogP contribution in [0.15, 0.2) is 70.7 Å². The Kier molecular flexibility index (Phi) is 5.25. The van der Waals surface area contributed by atoms with Crippen LogP contribution in [0.25, 0.3) is 17.4 Å². The number of furan rings is 1. The molecule has 0 radical (unpaired) electrons. The van der Waals surface area contributed by atoms with E-state index in [0.717, 1.165) is 4.90 Å². The van der Waals surface area contributed by atoms with Crippen molar-refractivity contribution in [2.45, 2.75) is 0 Å². The number of hydrogen-bond donors (Lipinski definition) is 1. The third-order valence-corrected chi connectivity index (χ3v) is 4.70. The summed E-state index contributed by atoms with van der Waals surface area (Å²) in [5, 5.41) is 13.6. The van der Waals surface area contributed by atoms with Gasteiger partial charge in [-0.2, -0.15) is 0 Å². The number of benzene rings is 2. The zero-order chi connectivity index (χ0) is 22.8. The third-order valence-electron chi connectivity index (χ3n) is 4.70. The minimum Gasteiger partial charge on any atom is -0.497 e. The highest BCUT2D eigenvalue weighted by Crippen LogP contribution is 2.34. The first kappa shape index (κ1) is 20.5. The number of amides is 4. The van der Waals surface area contributed by atoms with Gasteiger partial charge in [-0.15, -0.1) is 0 Å². The number of nitro benzene ring substituents is 1. The molecule has 1 aliphatic rings. The number of urea groups is 1. The summed E-state index contributed by atoms with van der Waals surface area (Å²) in [6.07, 6.45) is 1.18. The van der Waals surface area contributed by atoms with Gasteiger partial charge in [0, 0.05) is 0 Å². The van der Waals surface area contributed by atoms with Crippen molar-refractivity contribution in [2.75, 3.05) is 12.0 Å². The van der Waals surface area contributed by atoms with Crippen molar-refractivity contribution in [3.05, 3.63) is 82.1 Å². The number of nitro groups is 1. The van der Waals surface area contributed by atoms with Crippen LogP contribution < -0.4 is 15.0 Å². The Morgan fingerprint density at radius 3 is 2.50 bits per heavy atom. The first-order chi connectivity index (χ1) is 15.4. The maximum absolute atomic E-state index is 12.9. The van der Waals surface area contributed by atoms with E-state index in [1.165, 1.54) is 37.5 Å². The summed E-state index contributed by atoms with van der Waals surface area (Å²) in [5.74, 6) is -1.12. The number of nitrogens with one attached hydrogen (secondary N) is 1. The van der Waals surface area contributed by atoms with E-state index in [9.17, 15) is 24.5 Å². The number of carbonyl (C=O) groups is 3. The van der Waals surface area contributed by atoms with Gasteiger partial charge in [0.15, 0.2) is 0 Å². The molecule has 4 amide bonds. The van der Waals surface area contributed by atoms with Crippen molar-refractivity contribution in [1.82, 2.24) is 5.32 Å². The quantitative estimate of drug-likeness (QED) is 0.282. The summed E-state index contributed by atoms with van der Waals surface area (Å²) < 4.78 is 10.7. The van der Waals surface area contributed by atoms with E-state index in [4.69, 9.17) is 9.15 Å². The summed E-state index contributed by atoms with van der Waals surface area (Å²) in [6.45, 7) is 0. The third kappa shape index (κ3) is 3.72. The fraction of sp³-hybridized carbons (Fsp3) is 0.0455. The number of barbiturate groups is 1. The highest BCUT2D eigenvalue weighted by molar-refractivity contribution is 6.39. The number of imide groups is 2. The molecule has 0 unspecified atom stereocenters. The lowest BCUT2D eigenvalue weighted by Crippen LogP contribution is -2.54. The number of rotatable bonds is 5. The second kappa shape index (κ2) is 8.19. The van der Waals surface area contributed by atoms with Crippen molar-refractivity contribution in [2.24, 2.45) is 0 Å². The summed E-state index contributed by atoms with van der Waals surface area (Å²) in [7, 11) is 1.39. The summed E-state index contributed by atoms with van der Waals surface area (Å²) in [5.41, 5.74) is -0.0628. The smallest absolute Gasteiger partial charge is 0.335 e. The molecule has 0 atom stereocenters. The average Bonchev–Trinajstić information content (AvgIpc) is 3.25. The van der Waals surface area contributed by atoms with Crippen LogP contribution in [0, 0.1) is 10.1 Å². The van der Waals surface area contributed by atoms with Crippen molar-refractivity contribution >= 4 is 35.3 Å². The number of para-hydroxylation sites is 1. The van der Waals surface area contributed by atoms with Crippen LogP contribution in [0.4, 0.5) is 16.2 Å². The van der Waals surface area contributed by atoms with Gasteiger partial charge < -0.3 is 9.15 Å². The Labute approximate surface area is 180 Å². The van der Waals surface area contributed by atoms with Crippen LogP contribution in [-0.4, -0.2) is 29.9 Å². The Bertz CT molecular complexity index is 1280. The fourth-order valence-electron chi connectivity index (χ4n) is 3.18. The molecule has 1 aliphatic heterocycles. The lowest BCUT2D eigenvalue weighted by Gasteiger charge is -2.26. The zero-order valence-electron chi connectivity index (χ0n) is 16.6. The first-order valence-corrected chi connectivity index (χ1v) is 9.28. The number of carbonyl (C=O) groups excluding carboxylic acids is 3. The lowest BCUT2D eigenvalue weighted by atomic mass is 10.1. The van der Waals surface area contributed by atoms with Crippen LogP contribution >= 0.6 is 0 Å². The molecule has 0 aliphatic carbocycles. The molecule has 0 saturated carbocycles. The van der Waals surface area contributed by atoms with E-state index in [2.05, 4.69) is 5.32 Å². The molecular weight excluding hydrogens is 418 g/mol. The van der Waals surface area contributed by atoms with Crippen LogP contribution in [-0.2, 0) is 9.59 Å². The van der Waals surface area contributed by atoms with Gasteiger partial charge in [-0.05, 0) is 42.5 Å². The molecule has 1 N–H and O–H groups in total. The van der Waals surface area contributed by atoms with Gasteiger partial charge in [0.05, 0.1) is 29.4 Å². The number of anilines is 1. The fourth-order valence-corrected chi connectivity index (χ4v) is 3.18. The number of methoxy groups -OCH3 is 1. The SMILES string of the molecule is COc1ccc(-c2ccc(/C=C3/C(=O)NC(=O)N(c4ccccc4)C3=O)o2)c([N+](=O)[O-])c1. The molecule has 10 heteroatoms. The molecule has 4 rings (SSSR count). The lowest BCUT2D eigenvalue weighted by molar-refractivity contribution is -0.384. The van der Waals surface area contributed by atoms with Crippen molar-refractivity contribution in [3.63, 3.8) is 0 Å². The Morgan fingerprint density at radius 1 is 1.06 bits per heavy atom. The topological polar surface area (TPSA) is 132 Å². The standard InChI is InChI=1S/C22H15N3O7/c1-31-14-7-9-16(18(12-14)25(29)30)19-10-8-15(32-19)11-17-20(26)23-22(28)24(21(17)27)13-5-3-2-4-6-13/h2-12H,1H3,(H,23,26,28)/b17-11-. The summed E-state index contributed by atoms with van der Waals surface area (Å²) >= 11 is 0. The van der Waals surface area contributed by atoms with Gasteiger partial charge >= 0.3 is 6.03 Å². The van der Waals surface area contributed by atoms with E-state index >= 15 is 0 Å². The van der Waals surface area contributed by atoms with E-state index in [1.54, 1.807) is 36.4 Å². The minimum atomic E-state index is -0.874. The van der Waals surface area contributed by atoms with Gasteiger partial charge in [0.25, 0.3) is 17.5 Å². The molecule has 1 saturated heterocycles. The molecule has 10 nitrogen and oxygen atoms in total. The maximum atomic E-state index is 12.9. The number of ether oxygens (including phenoxy) is 1. The molecule has 1 fully saturated rings. The van der Waals surface area contributed by atoms with Gasteiger partial charge in [-0.3, -0.25) is 25.0 Å². The molecule has 0 spiro atoms. The monoisotopic (exact) mass is 433 g/mol. The van der Waals surface area contributed by atoms with Crippen LogP contribution in [0.3, 0.4) is 0 Å². The molecule has 160 valence electrons. The predicted octanol–water partition coefficient (Wildman–Crippen LogP) is 3.53. The molecule has 3 aromatic rings. The molecule has 2 heterocycles. The molecule has 1 aromatic heterocycles. The minimum absolute atomic E-state index is 0.103. The highest BCUT2D eigenvalue weighted by Gasteiger charge is 2.37. The maximum Gasteiger partial charge on any atom is 0.335 e. The van der Waals surface area contributed by atoms with Gasteiger partial charge in [-0.1, -0.05) is 18.2 Å². The predicted molar refractivity (Wildman–Crippen MR) is 113 cm³/mol. The zero-order valence-corrected chi connectivity index (χ0v) is 16.6. The van der Waals surface area contributed by atoms with Gasteiger partial charge in [0.1, 0.15) is 22.8 Å². The Balaban J connectivity index is 1.70. The van der Waals surface area contributed by atoms with E-state index in [0.29, 0.717) is 11.4 Å². The van der Waals surface area contributed by atoms with Crippen molar-refractivity contribution in [1.29, 1.82) is 0 Å². The van der Waals surface area contributed by atoms with E-state index in [1.807, 2.05) is 0 Å². The highest BCUT2D eigenvalue weighted by atomic mass is 16.6. The number of nitrogens with zero attached hydrogens (tertiary/aromatic N) is 2. The van der Waals surface area contributed by atoms with Crippen LogP contribution in [0.5, 0.6) is 5.75 Å². The Hall–Kier alpha value is -4.73. The largest absolute Gasteiger partial charge is 0.497 e. The van der Waals surface area contributed by atoms with Crippen LogP contribution in [0.2, 0.25) is 0 Å². The van der Waals surface area contributed by atoms with Crippen molar-refractivity contribution < 1.29 is 28.5 Å². The molecule has 2 aromatic carbocycles.